The Morgan fingerprint density at radius 2 is 1.94 bits per heavy atom. The second-order valence-corrected chi connectivity index (χ2v) is 4.54. The second kappa shape index (κ2) is 6.42. The summed E-state index contributed by atoms with van der Waals surface area (Å²) in [6, 6.07) is 7.33. The lowest BCUT2D eigenvalue weighted by Gasteiger charge is -2.10. The first-order valence-electron chi connectivity index (χ1n) is 5.14. The molecule has 17 heavy (non-hydrogen) atoms. The predicted molar refractivity (Wildman–Crippen MR) is 77.6 cm³/mol. The van der Waals surface area contributed by atoms with Crippen LogP contribution >= 0.6 is 23.8 Å². The fourth-order valence-corrected chi connectivity index (χ4v) is 1.47. The Kier molecular flexibility index (Phi) is 5.18. The number of aliphatic imine (C=N–C) groups is 1. The van der Waals surface area contributed by atoms with Crippen LogP contribution < -0.4 is 16.4 Å². The van der Waals surface area contributed by atoms with Crippen molar-refractivity contribution in [2.75, 3.05) is 5.32 Å². The normalized spacial score (nSPS) is 11.4. The molecule has 0 aliphatic heterocycles. The maximum absolute atomic E-state index is 5.77. The van der Waals surface area contributed by atoms with Crippen LogP contribution in [0.25, 0.3) is 0 Å². The van der Waals surface area contributed by atoms with Crippen molar-refractivity contribution in [1.82, 2.24) is 5.32 Å². The Labute approximate surface area is 111 Å². The smallest absolute Gasteiger partial charge is 0.195 e. The van der Waals surface area contributed by atoms with E-state index in [9.17, 15) is 0 Å². The largest absolute Gasteiger partial charge is 0.370 e. The fourth-order valence-electron chi connectivity index (χ4n) is 1.12. The van der Waals surface area contributed by atoms with Gasteiger partial charge in [0.05, 0.1) is 0 Å². The molecule has 4 nitrogen and oxygen atoms in total. The van der Waals surface area contributed by atoms with E-state index >= 15 is 0 Å². The molecule has 92 valence electrons. The van der Waals surface area contributed by atoms with Crippen molar-refractivity contribution in [2.24, 2.45) is 10.7 Å². The Hall–Kier alpha value is -1.33. The van der Waals surface area contributed by atoms with Crippen molar-refractivity contribution in [3.8, 4) is 0 Å². The summed E-state index contributed by atoms with van der Waals surface area (Å²) >= 11 is 10.9. The van der Waals surface area contributed by atoms with Gasteiger partial charge in [0.25, 0.3) is 0 Å². The first-order valence-corrected chi connectivity index (χ1v) is 5.93. The summed E-state index contributed by atoms with van der Waals surface area (Å²) in [7, 11) is 0. The van der Waals surface area contributed by atoms with E-state index in [1.807, 2.05) is 26.0 Å². The quantitative estimate of drug-likeness (QED) is 0.439. The number of hydrogen-bond acceptors (Lipinski definition) is 2. The second-order valence-electron chi connectivity index (χ2n) is 3.69. The third kappa shape index (κ3) is 5.51. The van der Waals surface area contributed by atoms with Crippen molar-refractivity contribution in [3.63, 3.8) is 0 Å². The Morgan fingerprint density at radius 3 is 2.47 bits per heavy atom. The highest BCUT2D eigenvalue weighted by Crippen LogP contribution is 2.12. The van der Waals surface area contributed by atoms with Crippen molar-refractivity contribution in [3.05, 3.63) is 29.3 Å². The van der Waals surface area contributed by atoms with E-state index < -0.39 is 0 Å². The van der Waals surface area contributed by atoms with Gasteiger partial charge in [-0.15, -0.1) is 0 Å². The highest BCUT2D eigenvalue weighted by molar-refractivity contribution is 7.80. The minimum absolute atomic E-state index is 0.126. The van der Waals surface area contributed by atoms with Crippen molar-refractivity contribution in [1.29, 1.82) is 0 Å². The summed E-state index contributed by atoms with van der Waals surface area (Å²) < 4.78 is 0. The minimum atomic E-state index is 0.126. The van der Waals surface area contributed by atoms with Crippen LogP contribution in [0.3, 0.4) is 0 Å². The van der Waals surface area contributed by atoms with Crippen LogP contribution in [0.4, 0.5) is 5.69 Å². The van der Waals surface area contributed by atoms with Crippen LogP contribution in [0.5, 0.6) is 0 Å². The summed E-state index contributed by atoms with van der Waals surface area (Å²) in [5.74, 6) is 0.298. The molecule has 0 atom stereocenters. The molecule has 0 aromatic heterocycles. The van der Waals surface area contributed by atoms with Gasteiger partial charge in [0.1, 0.15) is 0 Å². The molecule has 0 saturated heterocycles. The van der Waals surface area contributed by atoms with E-state index in [2.05, 4.69) is 15.6 Å². The summed E-state index contributed by atoms with van der Waals surface area (Å²) in [4.78, 5) is 4.11. The molecule has 0 aliphatic carbocycles. The number of anilines is 1. The van der Waals surface area contributed by atoms with Crippen molar-refractivity contribution < 1.29 is 0 Å². The lowest BCUT2D eigenvalue weighted by molar-refractivity contribution is 0.828. The van der Waals surface area contributed by atoms with Gasteiger partial charge in [-0.05, 0) is 50.3 Å². The van der Waals surface area contributed by atoms with E-state index in [0.29, 0.717) is 16.1 Å². The number of halogens is 1. The van der Waals surface area contributed by atoms with Crippen LogP contribution in [-0.4, -0.2) is 17.1 Å². The van der Waals surface area contributed by atoms with E-state index in [4.69, 9.17) is 29.6 Å². The third-order valence-corrected chi connectivity index (χ3v) is 2.20. The molecule has 1 aromatic carbocycles. The third-order valence-electron chi connectivity index (χ3n) is 1.74. The van der Waals surface area contributed by atoms with Gasteiger partial charge >= 0.3 is 0 Å². The topological polar surface area (TPSA) is 62.4 Å². The molecule has 0 heterocycles. The van der Waals surface area contributed by atoms with Crippen LogP contribution in [0, 0.1) is 0 Å². The number of guanidine groups is 1. The van der Waals surface area contributed by atoms with Gasteiger partial charge in [0.15, 0.2) is 11.1 Å². The van der Waals surface area contributed by atoms with Crippen molar-refractivity contribution >= 4 is 40.6 Å². The van der Waals surface area contributed by atoms with Crippen molar-refractivity contribution in [2.45, 2.75) is 19.9 Å². The molecule has 0 bridgehead atoms. The molecule has 4 N–H and O–H groups in total. The van der Waals surface area contributed by atoms with E-state index in [1.165, 1.54) is 0 Å². The Balaban J connectivity index is 2.53. The molecule has 0 fully saturated rings. The minimum Gasteiger partial charge on any atom is -0.370 e. The highest BCUT2D eigenvalue weighted by atomic mass is 35.5. The number of hydrogen-bond donors (Lipinski definition) is 3. The number of rotatable bonds is 2. The SMILES string of the molecule is CC(C)N=C(N)NC(=S)Nc1ccc(Cl)cc1. The molecule has 0 saturated carbocycles. The molecular formula is C11H15ClN4S. The zero-order chi connectivity index (χ0) is 12.8. The number of nitrogens with two attached hydrogens (primary N) is 1. The number of nitrogens with zero attached hydrogens (tertiary/aromatic N) is 1. The lowest BCUT2D eigenvalue weighted by atomic mass is 10.3. The van der Waals surface area contributed by atoms with Gasteiger partial charge in [-0.25, -0.2) is 0 Å². The Morgan fingerprint density at radius 1 is 1.35 bits per heavy atom. The highest BCUT2D eigenvalue weighted by Gasteiger charge is 2.00. The average Bonchev–Trinajstić information content (AvgIpc) is 2.19. The van der Waals surface area contributed by atoms with E-state index in [1.54, 1.807) is 12.1 Å². The standard InChI is InChI=1S/C11H15ClN4S/c1-7(2)14-10(13)16-11(17)15-9-5-3-8(12)4-6-9/h3-7H,1-2H3,(H4,13,14,15,16,17). The van der Waals surface area contributed by atoms with E-state index in [-0.39, 0.29) is 6.04 Å². The molecule has 0 spiro atoms. The van der Waals surface area contributed by atoms with Gasteiger partial charge in [-0.3, -0.25) is 4.99 Å². The lowest BCUT2D eigenvalue weighted by Crippen LogP contribution is -2.39. The van der Waals surface area contributed by atoms with Gasteiger partial charge in [-0.1, -0.05) is 11.6 Å². The average molecular weight is 271 g/mol. The first-order chi connectivity index (χ1) is 7.97. The van der Waals surface area contributed by atoms with Crippen LogP contribution in [0.1, 0.15) is 13.8 Å². The molecule has 0 amide bonds. The zero-order valence-corrected chi connectivity index (χ0v) is 11.3. The monoisotopic (exact) mass is 270 g/mol. The number of nitrogens with one attached hydrogen (secondary N) is 2. The van der Waals surface area contributed by atoms with Crippen LogP contribution in [-0.2, 0) is 0 Å². The van der Waals surface area contributed by atoms with Gasteiger partial charge < -0.3 is 16.4 Å². The Bertz CT molecular complexity index is 414. The zero-order valence-electron chi connectivity index (χ0n) is 9.70. The molecule has 1 aromatic rings. The molecule has 0 unspecified atom stereocenters. The maximum atomic E-state index is 5.77. The molecular weight excluding hydrogens is 256 g/mol. The molecule has 0 aliphatic rings. The molecule has 0 radical (unpaired) electrons. The summed E-state index contributed by atoms with van der Waals surface area (Å²) in [6.07, 6.45) is 0. The van der Waals surface area contributed by atoms with Gasteiger partial charge in [0.2, 0.25) is 0 Å². The summed E-state index contributed by atoms with van der Waals surface area (Å²) in [5, 5.41) is 6.84. The van der Waals surface area contributed by atoms with Gasteiger partial charge in [-0.2, -0.15) is 0 Å². The number of thiocarbonyl (C=S) groups is 1. The van der Waals surface area contributed by atoms with Crippen LogP contribution in [0.15, 0.2) is 29.3 Å². The summed E-state index contributed by atoms with van der Waals surface area (Å²) in [6.45, 7) is 3.87. The fraction of sp³-hybridized carbons (Fsp3) is 0.273. The van der Waals surface area contributed by atoms with Gasteiger partial charge in [0, 0.05) is 16.8 Å². The molecule has 1 rings (SSSR count). The predicted octanol–water partition coefficient (Wildman–Crippen LogP) is 2.35. The molecule has 6 heteroatoms. The van der Waals surface area contributed by atoms with Crippen LogP contribution in [0.2, 0.25) is 5.02 Å². The first kappa shape index (κ1) is 13.7. The maximum Gasteiger partial charge on any atom is 0.195 e. The summed E-state index contributed by atoms with van der Waals surface area (Å²) in [5.41, 5.74) is 6.48. The number of benzene rings is 1. The van der Waals surface area contributed by atoms with E-state index in [0.717, 1.165) is 5.69 Å².